The molecule has 6 nitrogen and oxygen atoms in total. The third kappa shape index (κ3) is 2.96. The highest BCUT2D eigenvalue weighted by molar-refractivity contribution is 6.04. The van der Waals surface area contributed by atoms with Gasteiger partial charge < -0.3 is 4.57 Å². The molecule has 0 bridgehead atoms. The summed E-state index contributed by atoms with van der Waals surface area (Å²) < 4.78 is 3.80. The molecule has 0 unspecified atom stereocenters. The van der Waals surface area contributed by atoms with Crippen molar-refractivity contribution in [3.05, 3.63) is 76.3 Å². The molecular weight excluding hydrogens is 374 g/mol. The van der Waals surface area contributed by atoms with Gasteiger partial charge in [-0.25, -0.2) is 15.0 Å². The Balaban J connectivity index is 1.87. The zero-order chi connectivity index (χ0) is 20.7. The average molecular weight is 397 g/mol. The normalized spacial score (nSPS) is 11.7. The van der Waals surface area contributed by atoms with E-state index in [1.165, 1.54) is 0 Å². The molecule has 0 fully saturated rings. The Morgan fingerprint density at radius 2 is 1.53 bits per heavy atom. The van der Waals surface area contributed by atoms with E-state index in [-0.39, 0.29) is 5.56 Å². The summed E-state index contributed by atoms with van der Waals surface area (Å²) in [5.41, 5.74) is 4.66. The van der Waals surface area contributed by atoms with E-state index < -0.39 is 0 Å². The third-order valence-corrected chi connectivity index (χ3v) is 5.56. The van der Waals surface area contributed by atoms with Crippen molar-refractivity contribution in [3.63, 3.8) is 0 Å². The van der Waals surface area contributed by atoms with E-state index in [9.17, 15) is 4.79 Å². The second-order valence-corrected chi connectivity index (χ2v) is 7.62. The van der Waals surface area contributed by atoms with Crippen LogP contribution in [0.25, 0.3) is 33.2 Å². The molecule has 0 aliphatic heterocycles. The summed E-state index contributed by atoms with van der Waals surface area (Å²) in [5.74, 6) is 0.725. The summed E-state index contributed by atoms with van der Waals surface area (Å²) in [4.78, 5) is 28.1. The fraction of sp³-hybridized carbons (Fsp3) is 0.250. The number of hydrogen-bond acceptors (Lipinski definition) is 4. The lowest BCUT2D eigenvalue weighted by Gasteiger charge is -2.10. The number of unbranched alkanes of at least 4 members (excludes halogenated alkanes) is 1. The van der Waals surface area contributed by atoms with Crippen LogP contribution in [0, 0.1) is 6.92 Å². The lowest BCUT2D eigenvalue weighted by Crippen LogP contribution is -2.24. The highest BCUT2D eigenvalue weighted by Gasteiger charge is 2.21. The Morgan fingerprint density at radius 3 is 2.27 bits per heavy atom. The molecule has 0 atom stereocenters. The van der Waals surface area contributed by atoms with Crippen LogP contribution in [0.4, 0.5) is 0 Å². The number of fused-ring (bicyclic) bond motifs is 4. The SMILES string of the molecule is CCCCn1c(C)nc2c(c1=O)c1nc3ccccc3nc1n2Cc1ccccc1. The van der Waals surface area contributed by atoms with Crippen molar-refractivity contribution in [2.24, 2.45) is 0 Å². The van der Waals surface area contributed by atoms with Gasteiger partial charge in [-0.1, -0.05) is 55.8 Å². The van der Waals surface area contributed by atoms with E-state index >= 15 is 0 Å². The van der Waals surface area contributed by atoms with Gasteiger partial charge >= 0.3 is 0 Å². The number of para-hydroxylation sites is 2. The average Bonchev–Trinajstić information content (AvgIpc) is 3.05. The molecule has 0 spiro atoms. The van der Waals surface area contributed by atoms with Crippen LogP contribution >= 0.6 is 0 Å². The van der Waals surface area contributed by atoms with Gasteiger partial charge in [0.05, 0.1) is 17.6 Å². The molecule has 0 amide bonds. The summed E-state index contributed by atoms with van der Waals surface area (Å²) in [5, 5.41) is 0.556. The van der Waals surface area contributed by atoms with Gasteiger partial charge in [-0.3, -0.25) is 9.36 Å². The molecule has 5 rings (SSSR count). The zero-order valence-corrected chi connectivity index (χ0v) is 17.2. The molecular formula is C24H23N5O. The number of benzene rings is 2. The fourth-order valence-electron chi connectivity index (χ4n) is 3.99. The third-order valence-electron chi connectivity index (χ3n) is 5.56. The lowest BCUT2D eigenvalue weighted by atomic mass is 10.2. The second kappa shape index (κ2) is 7.37. The summed E-state index contributed by atoms with van der Waals surface area (Å²) in [6.45, 7) is 5.27. The van der Waals surface area contributed by atoms with E-state index in [0.717, 1.165) is 35.3 Å². The number of rotatable bonds is 5. The van der Waals surface area contributed by atoms with Crippen LogP contribution in [-0.2, 0) is 13.1 Å². The van der Waals surface area contributed by atoms with Crippen molar-refractivity contribution in [1.82, 2.24) is 24.1 Å². The first-order valence-corrected chi connectivity index (χ1v) is 10.4. The van der Waals surface area contributed by atoms with Gasteiger partial charge in [0.15, 0.2) is 11.3 Å². The molecule has 150 valence electrons. The quantitative estimate of drug-likeness (QED) is 0.439. The van der Waals surface area contributed by atoms with Crippen molar-refractivity contribution in [2.45, 2.75) is 39.8 Å². The van der Waals surface area contributed by atoms with Gasteiger partial charge in [-0.15, -0.1) is 0 Å². The largest absolute Gasteiger partial charge is 0.304 e. The predicted molar refractivity (Wildman–Crippen MR) is 120 cm³/mol. The van der Waals surface area contributed by atoms with Crippen LogP contribution in [0.2, 0.25) is 0 Å². The highest BCUT2D eigenvalue weighted by atomic mass is 16.1. The smallest absolute Gasteiger partial charge is 0.265 e. The molecule has 2 aromatic carbocycles. The summed E-state index contributed by atoms with van der Waals surface area (Å²) in [6, 6.07) is 17.9. The minimum absolute atomic E-state index is 0.0349. The van der Waals surface area contributed by atoms with Gasteiger partial charge in [0.1, 0.15) is 16.7 Å². The number of aryl methyl sites for hydroxylation is 1. The van der Waals surface area contributed by atoms with Crippen molar-refractivity contribution in [1.29, 1.82) is 0 Å². The van der Waals surface area contributed by atoms with E-state index in [4.69, 9.17) is 15.0 Å². The number of aromatic nitrogens is 5. The molecule has 0 aliphatic carbocycles. The van der Waals surface area contributed by atoms with Crippen LogP contribution in [-0.4, -0.2) is 24.1 Å². The summed E-state index contributed by atoms with van der Waals surface area (Å²) in [6.07, 6.45) is 1.95. The predicted octanol–water partition coefficient (Wildman–Crippen LogP) is 4.45. The number of hydrogen-bond donors (Lipinski definition) is 0. The van der Waals surface area contributed by atoms with Gasteiger partial charge in [-0.05, 0) is 31.0 Å². The molecule has 0 saturated carbocycles. The van der Waals surface area contributed by atoms with E-state index in [0.29, 0.717) is 35.3 Å². The highest BCUT2D eigenvalue weighted by Crippen LogP contribution is 2.26. The van der Waals surface area contributed by atoms with Crippen LogP contribution < -0.4 is 5.56 Å². The van der Waals surface area contributed by atoms with Crippen LogP contribution in [0.3, 0.4) is 0 Å². The zero-order valence-electron chi connectivity index (χ0n) is 17.2. The van der Waals surface area contributed by atoms with Gasteiger partial charge in [-0.2, -0.15) is 0 Å². The minimum Gasteiger partial charge on any atom is -0.304 e. The van der Waals surface area contributed by atoms with E-state index in [1.807, 2.05) is 54.0 Å². The first-order valence-electron chi connectivity index (χ1n) is 10.4. The minimum atomic E-state index is -0.0349. The molecule has 3 heterocycles. The molecule has 6 heteroatoms. The van der Waals surface area contributed by atoms with Gasteiger partial charge in [0.2, 0.25) is 0 Å². The first kappa shape index (κ1) is 18.5. The maximum Gasteiger partial charge on any atom is 0.265 e. The Labute approximate surface area is 173 Å². The van der Waals surface area contributed by atoms with Crippen molar-refractivity contribution < 1.29 is 0 Å². The fourth-order valence-corrected chi connectivity index (χ4v) is 3.99. The van der Waals surface area contributed by atoms with Gasteiger partial charge in [0, 0.05) is 6.54 Å². The molecule has 0 saturated heterocycles. The van der Waals surface area contributed by atoms with Crippen molar-refractivity contribution >= 4 is 33.2 Å². The summed E-state index contributed by atoms with van der Waals surface area (Å²) >= 11 is 0. The Morgan fingerprint density at radius 1 is 0.833 bits per heavy atom. The van der Waals surface area contributed by atoms with E-state index in [2.05, 4.69) is 19.1 Å². The molecule has 0 aliphatic rings. The Kier molecular flexibility index (Phi) is 4.54. The molecule has 30 heavy (non-hydrogen) atoms. The Bertz CT molecular complexity index is 1430. The monoisotopic (exact) mass is 397 g/mol. The van der Waals surface area contributed by atoms with Crippen molar-refractivity contribution in [3.8, 4) is 0 Å². The molecule has 0 N–H and O–H groups in total. The van der Waals surface area contributed by atoms with Crippen LogP contribution in [0.15, 0.2) is 59.4 Å². The summed E-state index contributed by atoms with van der Waals surface area (Å²) in [7, 11) is 0. The lowest BCUT2D eigenvalue weighted by molar-refractivity contribution is 0.590. The molecule has 5 aromatic rings. The standard InChI is InChI=1S/C24H23N5O/c1-3-4-14-28-16(2)25-22-20(24(28)30)21-23(27-19-13-9-8-12-18(19)26-21)29(22)15-17-10-6-5-7-11-17/h5-13H,3-4,14-15H2,1-2H3. The van der Waals surface area contributed by atoms with Crippen LogP contribution in [0.1, 0.15) is 31.2 Å². The van der Waals surface area contributed by atoms with Crippen molar-refractivity contribution in [2.75, 3.05) is 0 Å². The topological polar surface area (TPSA) is 65.6 Å². The molecule has 3 aromatic heterocycles. The molecule has 0 radical (unpaired) electrons. The maximum atomic E-state index is 13.5. The maximum absolute atomic E-state index is 13.5. The van der Waals surface area contributed by atoms with Crippen LogP contribution in [0.5, 0.6) is 0 Å². The van der Waals surface area contributed by atoms with E-state index in [1.54, 1.807) is 4.57 Å². The van der Waals surface area contributed by atoms with Gasteiger partial charge in [0.25, 0.3) is 5.56 Å². The second-order valence-electron chi connectivity index (χ2n) is 7.62. The Hall–Kier alpha value is -3.54. The first-order chi connectivity index (χ1) is 14.7. The number of nitrogens with zero attached hydrogens (tertiary/aromatic N) is 5.